The van der Waals surface area contributed by atoms with E-state index in [1.54, 1.807) is 0 Å². The van der Waals surface area contributed by atoms with Crippen molar-refractivity contribution in [3.8, 4) is 11.3 Å². The number of benzene rings is 2. The summed E-state index contributed by atoms with van der Waals surface area (Å²) in [5.74, 6) is 1.68. The smallest absolute Gasteiger partial charge is 0.220 e. The summed E-state index contributed by atoms with van der Waals surface area (Å²) in [6, 6.07) is 21.5. The molecule has 1 N–H and O–H groups in total. The minimum atomic E-state index is 0.0275. The molecule has 0 spiro atoms. The van der Waals surface area contributed by atoms with Crippen molar-refractivity contribution < 1.29 is 9.21 Å². The maximum atomic E-state index is 12.0. The zero-order valence-corrected chi connectivity index (χ0v) is 14.6. The first kappa shape index (κ1) is 17.3. The minimum absolute atomic E-state index is 0.0275. The fourth-order valence-corrected chi connectivity index (χ4v) is 2.85. The van der Waals surface area contributed by atoms with Crippen LogP contribution >= 0.6 is 11.6 Å². The summed E-state index contributed by atoms with van der Waals surface area (Å²) >= 11 is 5.95. The third-order valence-corrected chi connectivity index (χ3v) is 4.18. The average molecular weight is 354 g/mol. The van der Waals surface area contributed by atoms with Gasteiger partial charge in [-0.05, 0) is 36.2 Å². The first-order valence-corrected chi connectivity index (χ1v) is 8.74. The highest BCUT2D eigenvalue weighted by Crippen LogP contribution is 2.22. The van der Waals surface area contributed by atoms with E-state index in [4.69, 9.17) is 16.0 Å². The molecule has 0 aliphatic heterocycles. The molecule has 0 saturated carbocycles. The van der Waals surface area contributed by atoms with E-state index in [2.05, 4.69) is 5.32 Å². The van der Waals surface area contributed by atoms with Crippen LogP contribution < -0.4 is 5.32 Å². The Morgan fingerprint density at radius 3 is 2.60 bits per heavy atom. The summed E-state index contributed by atoms with van der Waals surface area (Å²) in [6.45, 7) is 0.604. The molecule has 1 aromatic heterocycles. The van der Waals surface area contributed by atoms with Gasteiger partial charge in [0.15, 0.2) is 0 Å². The fourth-order valence-electron chi connectivity index (χ4n) is 2.63. The highest BCUT2D eigenvalue weighted by Gasteiger charge is 2.07. The molecule has 3 rings (SSSR count). The van der Waals surface area contributed by atoms with Gasteiger partial charge in [0.1, 0.15) is 11.5 Å². The van der Waals surface area contributed by atoms with E-state index in [-0.39, 0.29) is 5.91 Å². The lowest BCUT2D eigenvalue weighted by atomic mass is 10.1. The number of hydrogen-bond acceptors (Lipinski definition) is 2. The van der Waals surface area contributed by atoms with Crippen molar-refractivity contribution in [2.75, 3.05) is 6.54 Å². The van der Waals surface area contributed by atoms with Gasteiger partial charge in [0.25, 0.3) is 0 Å². The summed E-state index contributed by atoms with van der Waals surface area (Å²) in [7, 11) is 0. The van der Waals surface area contributed by atoms with Crippen molar-refractivity contribution in [3.05, 3.63) is 83.1 Å². The fraction of sp³-hybridized carbons (Fsp3) is 0.190. The first-order chi connectivity index (χ1) is 12.2. The number of aryl methyl sites for hydroxylation is 1. The van der Waals surface area contributed by atoms with E-state index in [0.717, 1.165) is 34.1 Å². The van der Waals surface area contributed by atoms with Crippen LogP contribution in [0.1, 0.15) is 17.7 Å². The quantitative estimate of drug-likeness (QED) is 0.657. The van der Waals surface area contributed by atoms with Crippen molar-refractivity contribution in [1.29, 1.82) is 0 Å². The molecular weight excluding hydrogens is 334 g/mol. The standard InChI is InChI=1S/C21H20ClNO2/c22-18-8-4-5-16(15-18)13-14-23-21(24)12-10-19-9-11-20(25-19)17-6-2-1-3-7-17/h1-9,11,15H,10,12-14H2,(H,23,24). The molecule has 0 bridgehead atoms. The molecule has 0 fully saturated rings. The highest BCUT2D eigenvalue weighted by atomic mass is 35.5. The number of rotatable bonds is 7. The van der Waals surface area contributed by atoms with Crippen LogP contribution in [0.2, 0.25) is 5.02 Å². The summed E-state index contributed by atoms with van der Waals surface area (Å²) in [4.78, 5) is 12.0. The lowest BCUT2D eigenvalue weighted by Crippen LogP contribution is -2.25. The van der Waals surface area contributed by atoms with Crippen molar-refractivity contribution >= 4 is 17.5 Å². The number of carbonyl (C=O) groups excluding carboxylic acids is 1. The normalized spacial score (nSPS) is 10.6. The zero-order chi connectivity index (χ0) is 17.5. The molecule has 0 radical (unpaired) electrons. The Labute approximate surface area is 152 Å². The molecule has 128 valence electrons. The van der Waals surface area contributed by atoms with E-state index in [0.29, 0.717) is 19.4 Å². The molecule has 4 heteroatoms. The number of hydrogen-bond donors (Lipinski definition) is 1. The number of nitrogens with one attached hydrogen (secondary N) is 1. The number of carbonyl (C=O) groups is 1. The first-order valence-electron chi connectivity index (χ1n) is 8.36. The second-order valence-electron chi connectivity index (χ2n) is 5.86. The Hall–Kier alpha value is -2.52. The number of halogens is 1. The zero-order valence-electron chi connectivity index (χ0n) is 13.9. The van der Waals surface area contributed by atoms with Crippen LogP contribution in [-0.2, 0) is 17.6 Å². The summed E-state index contributed by atoms with van der Waals surface area (Å²) < 4.78 is 5.81. The van der Waals surface area contributed by atoms with Crippen LogP contribution in [0.3, 0.4) is 0 Å². The van der Waals surface area contributed by atoms with Crippen molar-refractivity contribution in [3.63, 3.8) is 0 Å². The summed E-state index contributed by atoms with van der Waals surface area (Å²) in [5.41, 5.74) is 2.16. The van der Waals surface area contributed by atoms with Crippen LogP contribution in [0.5, 0.6) is 0 Å². The second kappa shape index (κ2) is 8.54. The van der Waals surface area contributed by atoms with Gasteiger partial charge in [0.2, 0.25) is 5.91 Å². The molecule has 1 amide bonds. The Balaban J connectivity index is 1.43. The Kier molecular flexibility index (Phi) is 5.91. The third kappa shape index (κ3) is 5.23. The average Bonchev–Trinajstić information content (AvgIpc) is 3.10. The second-order valence-corrected chi connectivity index (χ2v) is 6.30. The van der Waals surface area contributed by atoms with E-state index in [9.17, 15) is 4.79 Å². The molecule has 0 atom stereocenters. The number of amides is 1. The van der Waals surface area contributed by atoms with Gasteiger partial charge in [-0.2, -0.15) is 0 Å². The maximum absolute atomic E-state index is 12.0. The molecular formula is C21H20ClNO2. The van der Waals surface area contributed by atoms with Crippen molar-refractivity contribution in [1.82, 2.24) is 5.32 Å². The molecule has 3 aromatic rings. The van der Waals surface area contributed by atoms with Crippen LogP contribution in [0.25, 0.3) is 11.3 Å². The Morgan fingerprint density at radius 2 is 1.80 bits per heavy atom. The van der Waals surface area contributed by atoms with Crippen molar-refractivity contribution in [2.45, 2.75) is 19.3 Å². The van der Waals surface area contributed by atoms with E-state index in [1.165, 1.54) is 0 Å². The Bertz CT molecular complexity index is 827. The van der Waals surface area contributed by atoms with Crippen molar-refractivity contribution in [2.24, 2.45) is 0 Å². The highest BCUT2D eigenvalue weighted by molar-refractivity contribution is 6.30. The van der Waals surface area contributed by atoms with E-state index < -0.39 is 0 Å². The summed E-state index contributed by atoms with van der Waals surface area (Å²) in [5, 5.41) is 3.65. The van der Waals surface area contributed by atoms with Crippen LogP contribution in [0.15, 0.2) is 71.1 Å². The topological polar surface area (TPSA) is 42.2 Å². The van der Waals surface area contributed by atoms with E-state index >= 15 is 0 Å². The monoisotopic (exact) mass is 353 g/mol. The van der Waals surface area contributed by atoms with Gasteiger partial charge in [0.05, 0.1) is 0 Å². The predicted octanol–water partition coefficient (Wildman–Crippen LogP) is 4.89. The number of furan rings is 1. The lowest BCUT2D eigenvalue weighted by Gasteiger charge is -2.05. The van der Waals surface area contributed by atoms with Gasteiger partial charge in [-0.3, -0.25) is 4.79 Å². The van der Waals surface area contributed by atoms with Gasteiger partial charge >= 0.3 is 0 Å². The molecule has 1 heterocycles. The van der Waals surface area contributed by atoms with Crippen LogP contribution in [0, 0.1) is 0 Å². The molecule has 0 saturated heterocycles. The van der Waals surface area contributed by atoms with Crippen LogP contribution in [0.4, 0.5) is 0 Å². The summed E-state index contributed by atoms with van der Waals surface area (Å²) in [6.07, 6.45) is 1.78. The van der Waals surface area contributed by atoms with Gasteiger partial charge in [0, 0.05) is 30.0 Å². The lowest BCUT2D eigenvalue weighted by molar-refractivity contribution is -0.121. The van der Waals surface area contributed by atoms with Gasteiger partial charge in [-0.25, -0.2) is 0 Å². The van der Waals surface area contributed by atoms with Gasteiger partial charge in [-0.15, -0.1) is 0 Å². The SMILES string of the molecule is O=C(CCc1ccc(-c2ccccc2)o1)NCCc1cccc(Cl)c1. The predicted molar refractivity (Wildman–Crippen MR) is 101 cm³/mol. The molecule has 3 nitrogen and oxygen atoms in total. The molecule has 0 unspecified atom stereocenters. The van der Waals surface area contributed by atoms with Crippen LogP contribution in [-0.4, -0.2) is 12.5 Å². The van der Waals surface area contributed by atoms with Gasteiger partial charge in [-0.1, -0.05) is 54.1 Å². The molecule has 2 aromatic carbocycles. The van der Waals surface area contributed by atoms with Gasteiger partial charge < -0.3 is 9.73 Å². The minimum Gasteiger partial charge on any atom is -0.461 e. The third-order valence-electron chi connectivity index (χ3n) is 3.94. The van der Waals surface area contributed by atoms with E-state index in [1.807, 2.05) is 66.7 Å². The molecule has 25 heavy (non-hydrogen) atoms. The molecule has 0 aliphatic carbocycles. The maximum Gasteiger partial charge on any atom is 0.220 e. The molecule has 0 aliphatic rings. The Morgan fingerprint density at radius 1 is 0.960 bits per heavy atom. The largest absolute Gasteiger partial charge is 0.461 e.